The zero-order valence-electron chi connectivity index (χ0n) is 11.9. The van der Waals surface area contributed by atoms with E-state index in [0.29, 0.717) is 16.1 Å². The van der Waals surface area contributed by atoms with Crippen LogP contribution in [0.5, 0.6) is 0 Å². The molecule has 1 unspecified atom stereocenters. The molecule has 0 heterocycles. The van der Waals surface area contributed by atoms with Crippen molar-refractivity contribution < 1.29 is 14.7 Å². The molecule has 0 aliphatic carbocycles. The highest BCUT2D eigenvalue weighted by atomic mass is 35.5. The van der Waals surface area contributed by atoms with Gasteiger partial charge in [-0.2, -0.15) is 0 Å². The number of amides is 1. The summed E-state index contributed by atoms with van der Waals surface area (Å²) >= 11 is 5.86. The van der Waals surface area contributed by atoms with Gasteiger partial charge in [0.25, 0.3) is 5.91 Å². The minimum atomic E-state index is -1.23. The van der Waals surface area contributed by atoms with Crippen LogP contribution in [0.15, 0.2) is 48.5 Å². The highest BCUT2D eigenvalue weighted by Gasteiger charge is 2.23. The minimum absolute atomic E-state index is 0.177. The molecule has 0 aliphatic rings. The van der Waals surface area contributed by atoms with E-state index in [1.54, 1.807) is 30.3 Å². The van der Waals surface area contributed by atoms with Crippen molar-refractivity contribution in [2.45, 2.75) is 6.04 Å². The van der Waals surface area contributed by atoms with Gasteiger partial charge in [0.2, 0.25) is 0 Å². The Morgan fingerprint density at radius 1 is 1.13 bits per heavy atom. The Hall–Kier alpha value is -2.86. The van der Waals surface area contributed by atoms with Crippen molar-refractivity contribution in [3.63, 3.8) is 0 Å². The van der Waals surface area contributed by atoms with Crippen molar-refractivity contribution >= 4 is 29.3 Å². The number of aliphatic carboxylic acids is 1. The minimum Gasteiger partial charge on any atom is -0.479 e. The Morgan fingerprint density at radius 3 is 2.39 bits per heavy atom. The second kappa shape index (κ2) is 6.93. The summed E-state index contributed by atoms with van der Waals surface area (Å²) in [6, 6.07) is 11.1. The van der Waals surface area contributed by atoms with Crippen LogP contribution in [0.3, 0.4) is 0 Å². The van der Waals surface area contributed by atoms with Gasteiger partial charge in [-0.1, -0.05) is 35.9 Å². The van der Waals surface area contributed by atoms with Crippen molar-refractivity contribution in [2.24, 2.45) is 5.73 Å². The first-order valence-electron chi connectivity index (χ1n) is 6.62. The summed E-state index contributed by atoms with van der Waals surface area (Å²) in [7, 11) is 0. The molecule has 6 nitrogen and oxygen atoms in total. The number of carboxylic acids is 1. The van der Waals surface area contributed by atoms with E-state index in [0.717, 1.165) is 0 Å². The molecular formula is C16H14ClN3O3. The van der Waals surface area contributed by atoms with Gasteiger partial charge in [0.1, 0.15) is 5.84 Å². The van der Waals surface area contributed by atoms with Gasteiger partial charge in [0.15, 0.2) is 6.04 Å². The first kappa shape index (κ1) is 16.5. The zero-order chi connectivity index (χ0) is 17.0. The van der Waals surface area contributed by atoms with Gasteiger partial charge < -0.3 is 16.2 Å². The van der Waals surface area contributed by atoms with Crippen molar-refractivity contribution in [1.29, 1.82) is 5.41 Å². The van der Waals surface area contributed by atoms with E-state index in [-0.39, 0.29) is 11.4 Å². The fourth-order valence-corrected chi connectivity index (χ4v) is 2.21. The Labute approximate surface area is 137 Å². The normalized spacial score (nSPS) is 11.5. The van der Waals surface area contributed by atoms with E-state index in [2.05, 4.69) is 5.32 Å². The van der Waals surface area contributed by atoms with Gasteiger partial charge in [0.05, 0.1) is 0 Å². The third-order valence-corrected chi connectivity index (χ3v) is 3.38. The summed E-state index contributed by atoms with van der Waals surface area (Å²) in [6.07, 6.45) is 0. The smallest absolute Gasteiger partial charge is 0.330 e. The summed E-state index contributed by atoms with van der Waals surface area (Å²) in [5.41, 5.74) is 6.34. The molecule has 2 rings (SSSR count). The van der Waals surface area contributed by atoms with E-state index in [4.69, 9.17) is 22.7 Å². The maximum absolute atomic E-state index is 12.3. The van der Waals surface area contributed by atoms with Crippen LogP contribution in [-0.4, -0.2) is 22.8 Å². The molecule has 118 valence electrons. The topological polar surface area (TPSA) is 116 Å². The predicted molar refractivity (Wildman–Crippen MR) is 86.8 cm³/mol. The maximum atomic E-state index is 12.3. The van der Waals surface area contributed by atoms with E-state index < -0.39 is 17.9 Å². The Bertz CT molecular complexity index is 777. The molecule has 0 bridgehead atoms. The molecule has 0 spiro atoms. The molecule has 0 aromatic heterocycles. The lowest BCUT2D eigenvalue weighted by molar-refractivity contribution is -0.139. The molecule has 0 aliphatic heterocycles. The summed E-state index contributed by atoms with van der Waals surface area (Å²) in [5.74, 6) is -1.96. The molecule has 2 aromatic carbocycles. The summed E-state index contributed by atoms with van der Waals surface area (Å²) in [5, 5.41) is 19.5. The van der Waals surface area contributed by atoms with Gasteiger partial charge in [0, 0.05) is 16.1 Å². The third-order valence-electron chi connectivity index (χ3n) is 3.14. The van der Waals surface area contributed by atoms with Crippen LogP contribution in [0, 0.1) is 5.41 Å². The number of benzene rings is 2. The van der Waals surface area contributed by atoms with E-state index in [9.17, 15) is 14.7 Å². The Morgan fingerprint density at radius 2 is 1.78 bits per heavy atom. The quantitative estimate of drug-likeness (QED) is 0.496. The summed E-state index contributed by atoms with van der Waals surface area (Å²) < 4.78 is 0. The number of carbonyl (C=O) groups is 2. The molecular weight excluding hydrogens is 318 g/mol. The maximum Gasteiger partial charge on any atom is 0.330 e. The van der Waals surface area contributed by atoms with Crippen LogP contribution in [0.4, 0.5) is 0 Å². The second-order valence-electron chi connectivity index (χ2n) is 4.79. The third kappa shape index (κ3) is 4.08. The number of nitrogens with two attached hydrogens (primary N) is 1. The number of hydrogen-bond acceptors (Lipinski definition) is 3. The molecule has 1 atom stereocenters. The van der Waals surface area contributed by atoms with Gasteiger partial charge in [-0.25, -0.2) is 4.79 Å². The highest BCUT2D eigenvalue weighted by molar-refractivity contribution is 6.30. The van der Waals surface area contributed by atoms with Gasteiger partial charge >= 0.3 is 5.97 Å². The predicted octanol–water partition coefficient (Wildman–Crippen LogP) is 2.18. The van der Waals surface area contributed by atoms with Crippen LogP contribution < -0.4 is 11.1 Å². The summed E-state index contributed by atoms with van der Waals surface area (Å²) in [4.78, 5) is 23.7. The van der Waals surface area contributed by atoms with Crippen LogP contribution in [-0.2, 0) is 4.79 Å². The largest absolute Gasteiger partial charge is 0.479 e. The Kier molecular flexibility index (Phi) is 4.98. The number of amidine groups is 1. The van der Waals surface area contributed by atoms with Crippen molar-refractivity contribution in [1.82, 2.24) is 5.32 Å². The monoisotopic (exact) mass is 331 g/mol. The first-order chi connectivity index (χ1) is 10.9. The van der Waals surface area contributed by atoms with Gasteiger partial charge in [-0.3, -0.25) is 10.2 Å². The molecule has 5 N–H and O–H groups in total. The SMILES string of the molecule is N=C(N)c1cccc(C(=O)NC(C(=O)O)c2cccc(Cl)c2)c1. The van der Waals surface area contributed by atoms with Crippen LogP contribution in [0.1, 0.15) is 27.5 Å². The number of rotatable bonds is 5. The fraction of sp³-hybridized carbons (Fsp3) is 0.0625. The van der Waals surface area contributed by atoms with E-state index in [1.165, 1.54) is 18.2 Å². The Balaban J connectivity index is 2.27. The average molecular weight is 332 g/mol. The van der Waals surface area contributed by atoms with E-state index in [1.807, 2.05) is 0 Å². The number of nitrogens with one attached hydrogen (secondary N) is 2. The number of halogens is 1. The molecule has 0 saturated heterocycles. The fourth-order valence-electron chi connectivity index (χ4n) is 2.02. The van der Waals surface area contributed by atoms with Crippen LogP contribution in [0.25, 0.3) is 0 Å². The first-order valence-corrected chi connectivity index (χ1v) is 7.00. The summed E-state index contributed by atoms with van der Waals surface area (Å²) in [6.45, 7) is 0. The van der Waals surface area contributed by atoms with Crippen LogP contribution >= 0.6 is 11.6 Å². The van der Waals surface area contributed by atoms with Crippen LogP contribution in [0.2, 0.25) is 5.02 Å². The molecule has 0 fully saturated rings. The number of nitrogen functional groups attached to an aromatic ring is 1. The average Bonchev–Trinajstić information content (AvgIpc) is 2.52. The van der Waals surface area contributed by atoms with Crippen molar-refractivity contribution in [2.75, 3.05) is 0 Å². The number of carbonyl (C=O) groups excluding carboxylic acids is 1. The molecule has 0 radical (unpaired) electrons. The van der Waals surface area contributed by atoms with Crippen molar-refractivity contribution in [3.05, 3.63) is 70.2 Å². The van der Waals surface area contributed by atoms with Crippen molar-refractivity contribution in [3.8, 4) is 0 Å². The molecule has 0 saturated carbocycles. The number of carboxylic acid groups (broad SMARTS) is 1. The van der Waals surface area contributed by atoms with Gasteiger partial charge in [-0.15, -0.1) is 0 Å². The highest BCUT2D eigenvalue weighted by Crippen LogP contribution is 2.19. The standard InChI is InChI=1S/C16H14ClN3O3/c17-12-6-2-3-9(8-12)13(16(22)23)20-15(21)11-5-1-4-10(7-11)14(18)19/h1-8,13H,(H3,18,19)(H,20,21)(H,22,23). The number of hydrogen-bond donors (Lipinski definition) is 4. The molecule has 23 heavy (non-hydrogen) atoms. The zero-order valence-corrected chi connectivity index (χ0v) is 12.7. The second-order valence-corrected chi connectivity index (χ2v) is 5.23. The lowest BCUT2D eigenvalue weighted by atomic mass is 10.1. The molecule has 1 amide bonds. The lowest BCUT2D eigenvalue weighted by Gasteiger charge is -2.15. The molecule has 7 heteroatoms. The lowest BCUT2D eigenvalue weighted by Crippen LogP contribution is -2.33. The van der Waals surface area contributed by atoms with Gasteiger partial charge in [-0.05, 0) is 29.8 Å². The molecule has 2 aromatic rings. The van der Waals surface area contributed by atoms with E-state index >= 15 is 0 Å².